The summed E-state index contributed by atoms with van der Waals surface area (Å²) in [6.45, 7) is 19.4. The summed E-state index contributed by atoms with van der Waals surface area (Å²) < 4.78 is 15.8. The lowest BCUT2D eigenvalue weighted by Crippen LogP contribution is -2.62. The Morgan fingerprint density at radius 2 is 1.38 bits per heavy atom. The fourth-order valence-electron chi connectivity index (χ4n) is 3.89. The van der Waals surface area contributed by atoms with Crippen molar-refractivity contribution in [1.82, 2.24) is 4.57 Å². The molecule has 0 amide bonds. The maximum atomic E-state index is 6.72. The smallest absolute Gasteiger partial charge is 0.312 e. The average Bonchev–Trinajstić information content (AvgIpc) is 2.25. The zero-order chi connectivity index (χ0) is 16.3. The summed E-state index contributed by atoms with van der Waals surface area (Å²) in [7, 11) is -5.43. The van der Waals surface area contributed by atoms with Crippen LogP contribution in [0.5, 0.6) is 0 Å². The van der Waals surface area contributed by atoms with E-state index in [9.17, 15) is 0 Å². The van der Waals surface area contributed by atoms with E-state index in [1.54, 1.807) is 0 Å². The molecule has 0 saturated heterocycles. The predicted octanol–water partition coefficient (Wildman–Crippen LogP) is 4.91. The summed E-state index contributed by atoms with van der Waals surface area (Å²) in [5, 5.41) is 0. The Morgan fingerprint density at radius 3 is 1.81 bits per heavy atom. The molecule has 0 radical (unpaired) electrons. The number of hydrogen-bond donors (Lipinski definition) is 0. The van der Waals surface area contributed by atoms with Crippen molar-refractivity contribution in [3.63, 3.8) is 0 Å². The standard InChI is InChI=1S/C15H37NO2Si3/c1-9-16(15-13-11-10-12-14-15)20(5,6)18-21(7,8)17-19(2,3)4/h15H,9-14H2,1-8H3. The van der Waals surface area contributed by atoms with Crippen molar-refractivity contribution in [1.29, 1.82) is 0 Å². The summed E-state index contributed by atoms with van der Waals surface area (Å²) in [5.41, 5.74) is 0. The molecule has 1 rings (SSSR count). The molecule has 0 aromatic carbocycles. The third kappa shape index (κ3) is 6.66. The van der Waals surface area contributed by atoms with Gasteiger partial charge in [-0.3, -0.25) is 0 Å². The normalized spacial score (nSPS) is 19.3. The largest absolute Gasteiger partial charge is 0.437 e. The van der Waals surface area contributed by atoms with Crippen molar-refractivity contribution in [2.75, 3.05) is 6.54 Å². The molecule has 0 N–H and O–H groups in total. The second-order valence-corrected chi connectivity index (χ2v) is 20.4. The fraction of sp³-hybridized carbons (Fsp3) is 1.00. The van der Waals surface area contributed by atoms with Crippen molar-refractivity contribution in [3.05, 3.63) is 0 Å². The molecular weight excluding hydrogens is 310 g/mol. The molecule has 0 aromatic rings. The molecular formula is C15H37NO2Si3. The van der Waals surface area contributed by atoms with Gasteiger partial charge in [-0.05, 0) is 65.2 Å². The van der Waals surface area contributed by atoms with Crippen molar-refractivity contribution < 1.29 is 8.23 Å². The molecule has 1 saturated carbocycles. The molecule has 0 bridgehead atoms. The molecule has 0 aromatic heterocycles. The van der Waals surface area contributed by atoms with Gasteiger partial charge in [0.25, 0.3) is 8.48 Å². The molecule has 6 heteroatoms. The maximum absolute atomic E-state index is 6.72. The van der Waals surface area contributed by atoms with Crippen LogP contribution in [0, 0.1) is 0 Å². The fourth-order valence-corrected chi connectivity index (χ4v) is 17.5. The van der Waals surface area contributed by atoms with Gasteiger partial charge in [0.05, 0.1) is 0 Å². The van der Waals surface area contributed by atoms with Gasteiger partial charge in [0.2, 0.25) is 0 Å². The van der Waals surface area contributed by atoms with Gasteiger partial charge in [0.1, 0.15) is 0 Å². The van der Waals surface area contributed by atoms with E-state index in [1.807, 2.05) is 0 Å². The Labute approximate surface area is 136 Å². The summed E-state index contributed by atoms with van der Waals surface area (Å²) in [6.07, 6.45) is 6.89. The lowest BCUT2D eigenvalue weighted by molar-refractivity contribution is 0.219. The Bertz CT molecular complexity index is 323. The molecule has 126 valence electrons. The van der Waals surface area contributed by atoms with Gasteiger partial charge >= 0.3 is 8.56 Å². The van der Waals surface area contributed by atoms with Gasteiger partial charge in [-0.2, -0.15) is 0 Å². The molecule has 0 spiro atoms. The monoisotopic (exact) mass is 347 g/mol. The lowest BCUT2D eigenvalue weighted by atomic mass is 9.95. The third-order valence-corrected chi connectivity index (χ3v) is 14.5. The third-order valence-electron chi connectivity index (χ3n) is 4.10. The number of rotatable bonds is 7. The van der Waals surface area contributed by atoms with E-state index in [0.717, 1.165) is 12.6 Å². The van der Waals surface area contributed by atoms with Crippen LogP contribution < -0.4 is 0 Å². The van der Waals surface area contributed by atoms with Crippen LogP contribution in [0.15, 0.2) is 0 Å². The van der Waals surface area contributed by atoms with Gasteiger partial charge in [0.15, 0.2) is 8.32 Å². The Morgan fingerprint density at radius 1 is 0.857 bits per heavy atom. The molecule has 1 aliphatic rings. The van der Waals surface area contributed by atoms with Crippen LogP contribution in [0.25, 0.3) is 0 Å². The minimum Gasteiger partial charge on any atom is -0.437 e. The second kappa shape index (κ2) is 7.40. The van der Waals surface area contributed by atoms with Crippen LogP contribution in [0.3, 0.4) is 0 Å². The predicted molar refractivity (Wildman–Crippen MR) is 99.7 cm³/mol. The quantitative estimate of drug-likeness (QED) is 0.611. The second-order valence-electron chi connectivity index (χ2n) is 8.24. The van der Waals surface area contributed by atoms with Crippen molar-refractivity contribution >= 4 is 25.4 Å². The molecule has 1 aliphatic carbocycles. The topological polar surface area (TPSA) is 21.7 Å². The van der Waals surface area contributed by atoms with Crippen molar-refractivity contribution in [2.24, 2.45) is 0 Å². The number of nitrogens with zero attached hydrogens (tertiary/aromatic N) is 1. The summed E-state index contributed by atoms with van der Waals surface area (Å²) in [5.74, 6) is 0. The zero-order valence-electron chi connectivity index (χ0n) is 15.6. The van der Waals surface area contributed by atoms with Crippen LogP contribution in [-0.2, 0) is 8.23 Å². The van der Waals surface area contributed by atoms with E-state index < -0.39 is 25.4 Å². The van der Waals surface area contributed by atoms with Gasteiger partial charge in [-0.1, -0.05) is 26.2 Å². The minimum absolute atomic E-state index is 0.738. The highest BCUT2D eigenvalue weighted by Crippen LogP contribution is 2.29. The highest BCUT2D eigenvalue weighted by molar-refractivity contribution is 6.86. The van der Waals surface area contributed by atoms with Gasteiger partial charge in [0, 0.05) is 6.04 Å². The molecule has 3 nitrogen and oxygen atoms in total. The van der Waals surface area contributed by atoms with Crippen molar-refractivity contribution in [2.45, 2.75) is 90.9 Å². The van der Waals surface area contributed by atoms with Crippen LogP contribution >= 0.6 is 0 Å². The van der Waals surface area contributed by atoms with Gasteiger partial charge < -0.3 is 12.8 Å². The van der Waals surface area contributed by atoms with E-state index in [4.69, 9.17) is 8.23 Å². The maximum Gasteiger partial charge on any atom is 0.312 e. The van der Waals surface area contributed by atoms with E-state index in [2.05, 4.69) is 57.3 Å². The summed E-state index contributed by atoms with van der Waals surface area (Å²) in [6, 6.07) is 0.738. The Hall–Kier alpha value is 0.531. The van der Waals surface area contributed by atoms with Crippen LogP contribution in [0.2, 0.25) is 45.8 Å². The van der Waals surface area contributed by atoms with E-state index in [1.165, 1.54) is 32.1 Å². The first-order chi connectivity index (χ1) is 9.47. The van der Waals surface area contributed by atoms with E-state index in [0.29, 0.717) is 0 Å². The SMILES string of the molecule is CCN(C1CCCCC1)[Si](C)(C)O[Si](C)(C)O[Si](C)(C)C. The molecule has 0 unspecified atom stereocenters. The van der Waals surface area contributed by atoms with Crippen LogP contribution in [0.4, 0.5) is 0 Å². The van der Waals surface area contributed by atoms with Crippen LogP contribution in [-0.4, -0.2) is 42.5 Å². The van der Waals surface area contributed by atoms with Gasteiger partial charge in [-0.15, -0.1) is 0 Å². The zero-order valence-corrected chi connectivity index (χ0v) is 18.6. The van der Waals surface area contributed by atoms with Crippen LogP contribution in [0.1, 0.15) is 39.0 Å². The molecule has 21 heavy (non-hydrogen) atoms. The first kappa shape index (κ1) is 19.6. The van der Waals surface area contributed by atoms with Gasteiger partial charge in [-0.25, -0.2) is 0 Å². The summed E-state index contributed by atoms with van der Waals surface area (Å²) >= 11 is 0. The lowest BCUT2D eigenvalue weighted by Gasteiger charge is -2.46. The first-order valence-electron chi connectivity index (χ1n) is 8.64. The Kier molecular flexibility index (Phi) is 6.90. The highest BCUT2D eigenvalue weighted by Gasteiger charge is 2.43. The minimum atomic E-state index is -2.03. The van der Waals surface area contributed by atoms with Crippen molar-refractivity contribution in [3.8, 4) is 0 Å². The number of hydrogen-bond acceptors (Lipinski definition) is 3. The van der Waals surface area contributed by atoms with E-state index in [-0.39, 0.29) is 0 Å². The molecule has 0 heterocycles. The molecule has 0 aliphatic heterocycles. The van der Waals surface area contributed by atoms with E-state index >= 15 is 0 Å². The summed E-state index contributed by atoms with van der Waals surface area (Å²) in [4.78, 5) is 0. The molecule has 1 fully saturated rings. The highest BCUT2D eigenvalue weighted by atomic mass is 28.5. The first-order valence-corrected chi connectivity index (χ1v) is 17.7. The Balaban J connectivity index is 2.76. The average molecular weight is 348 g/mol. The molecule has 0 atom stereocenters.